The van der Waals surface area contributed by atoms with Crippen LogP contribution in [0.4, 0.5) is 13.2 Å². The Morgan fingerprint density at radius 2 is 1.87 bits per heavy atom. The molecule has 0 radical (unpaired) electrons. The normalized spacial score (nSPS) is 23.4. The molecule has 12 nitrogen and oxygen atoms in total. The third kappa shape index (κ3) is 5.24. The van der Waals surface area contributed by atoms with Gasteiger partial charge in [-0.15, -0.1) is 6.04 Å². The summed E-state index contributed by atoms with van der Waals surface area (Å²) in [6.07, 6.45) is -4.27. The van der Waals surface area contributed by atoms with Crippen LogP contribution in [0.25, 0.3) is 5.32 Å². The van der Waals surface area contributed by atoms with Crippen molar-refractivity contribution in [2.24, 2.45) is 0 Å². The molecular formula is C31H34F3N4O8-. The lowest BCUT2D eigenvalue weighted by Crippen LogP contribution is -2.58. The molecular weight excluding hydrogens is 613 g/mol. The Morgan fingerprint density at radius 1 is 1.15 bits per heavy atom. The molecule has 2 aromatic carbocycles. The highest BCUT2D eigenvalue weighted by Crippen LogP contribution is 2.58. The van der Waals surface area contributed by atoms with Gasteiger partial charge in [-0.25, -0.2) is 0 Å². The van der Waals surface area contributed by atoms with Gasteiger partial charge >= 0.3 is 18.1 Å². The molecule has 1 fully saturated rings. The number of carbonyl (C=O) groups excluding carboxylic acids is 3. The van der Waals surface area contributed by atoms with Crippen LogP contribution in [0, 0.1) is 13.8 Å². The Balaban J connectivity index is 1.44. The first kappa shape index (κ1) is 31.7. The van der Waals surface area contributed by atoms with Crippen molar-refractivity contribution in [3.05, 3.63) is 44.8 Å². The number of amides is 2. The predicted molar refractivity (Wildman–Crippen MR) is 155 cm³/mol. The summed E-state index contributed by atoms with van der Waals surface area (Å²) in [5.41, 5.74) is 4.18. The highest BCUT2D eigenvalue weighted by Gasteiger charge is 2.47. The van der Waals surface area contributed by atoms with Crippen molar-refractivity contribution in [2.45, 2.75) is 76.9 Å². The Kier molecular flexibility index (Phi) is 7.95. The monoisotopic (exact) mass is 647 g/mol. The van der Waals surface area contributed by atoms with Gasteiger partial charge in [-0.05, 0) is 56.8 Å². The first-order chi connectivity index (χ1) is 21.7. The van der Waals surface area contributed by atoms with Crippen LogP contribution in [-0.2, 0) is 27.2 Å². The van der Waals surface area contributed by atoms with E-state index in [0.717, 1.165) is 18.1 Å². The highest BCUT2D eigenvalue weighted by molar-refractivity contribution is 5.89. The summed E-state index contributed by atoms with van der Waals surface area (Å²) >= 11 is 0. The number of carbonyl (C=O) groups is 3. The Morgan fingerprint density at radius 3 is 2.54 bits per heavy atom. The molecule has 6 rings (SSSR count). The molecule has 2 bridgehead atoms. The molecule has 3 N–H and O–H groups in total. The first-order valence-corrected chi connectivity index (χ1v) is 14.8. The maximum Gasteiger partial charge on any atom is 0.471 e. The van der Waals surface area contributed by atoms with Crippen LogP contribution < -0.4 is 29.6 Å². The second-order valence-corrected chi connectivity index (χ2v) is 12.0. The molecule has 5 atom stereocenters. The number of nitrogens with zero attached hydrogens (tertiary/aromatic N) is 2. The number of alkyl halides is 3. The number of phenols is 1. The fraction of sp³-hybridized carbons (Fsp3) is 0.516. The van der Waals surface area contributed by atoms with Crippen molar-refractivity contribution in [3.8, 4) is 28.7 Å². The van der Waals surface area contributed by atoms with Gasteiger partial charge < -0.3 is 40.0 Å². The molecule has 4 aliphatic rings. The highest BCUT2D eigenvalue weighted by atomic mass is 19.4. The third-order valence-corrected chi connectivity index (χ3v) is 9.10. The lowest BCUT2D eigenvalue weighted by molar-refractivity contribution is -0.174. The molecule has 0 aliphatic carbocycles. The SMILES string of the molecule is COc1c(C)cc2c(c1O)[C@H]1[N-][C@@H](C2)CN2C1Cc1c(OC(C)=O)c(C)c3c(c1[C@@H]2CNC(=O)[C@H](C)NC(=O)C(F)(F)F)OCO3. The van der Waals surface area contributed by atoms with Gasteiger partial charge in [0.25, 0.3) is 0 Å². The molecule has 0 saturated carbocycles. The molecule has 4 heterocycles. The zero-order valence-corrected chi connectivity index (χ0v) is 25.8. The van der Waals surface area contributed by atoms with Gasteiger partial charge in [0.1, 0.15) is 11.8 Å². The van der Waals surface area contributed by atoms with E-state index in [2.05, 4.69) is 10.2 Å². The molecule has 46 heavy (non-hydrogen) atoms. The Labute approximate surface area is 262 Å². The number of halogens is 3. The molecule has 15 heteroatoms. The average Bonchev–Trinajstić information content (AvgIpc) is 3.47. The largest absolute Gasteiger partial charge is 0.650 e. The summed E-state index contributed by atoms with van der Waals surface area (Å²) in [5, 5.41) is 20.9. The van der Waals surface area contributed by atoms with Crippen molar-refractivity contribution in [1.29, 1.82) is 0 Å². The van der Waals surface area contributed by atoms with Crippen molar-refractivity contribution < 1.29 is 51.6 Å². The topological polar surface area (TPSA) is 150 Å². The molecule has 4 aliphatic heterocycles. The lowest BCUT2D eigenvalue weighted by atomic mass is 9.75. The minimum atomic E-state index is -5.15. The maximum atomic E-state index is 13.0. The van der Waals surface area contributed by atoms with E-state index in [1.807, 2.05) is 13.0 Å². The van der Waals surface area contributed by atoms with E-state index in [-0.39, 0.29) is 36.9 Å². The number of ether oxygens (including phenoxy) is 4. The Hall–Kier alpha value is -4.24. The predicted octanol–water partition coefficient (Wildman–Crippen LogP) is 3.18. The van der Waals surface area contributed by atoms with E-state index in [0.29, 0.717) is 58.9 Å². The van der Waals surface area contributed by atoms with Crippen LogP contribution in [0.5, 0.6) is 28.7 Å². The summed E-state index contributed by atoms with van der Waals surface area (Å²) in [6.45, 7) is 6.32. The molecule has 248 valence electrons. The third-order valence-electron chi connectivity index (χ3n) is 9.10. The minimum Gasteiger partial charge on any atom is -0.650 e. The number of rotatable bonds is 6. The van der Waals surface area contributed by atoms with Crippen molar-refractivity contribution in [2.75, 3.05) is 27.0 Å². The van der Waals surface area contributed by atoms with Gasteiger partial charge in [0.2, 0.25) is 12.7 Å². The number of fused-ring (bicyclic) bond motifs is 9. The second kappa shape index (κ2) is 11.5. The van der Waals surface area contributed by atoms with E-state index < -0.39 is 42.1 Å². The lowest BCUT2D eigenvalue weighted by Gasteiger charge is -2.62. The van der Waals surface area contributed by atoms with Gasteiger partial charge in [-0.2, -0.15) is 13.2 Å². The standard InChI is InChI=1S/C31H34F3N4O8/c1-12-6-16-7-17-10-38-19(23(37-17)21(16)24(40)25(12)43-5)8-18-22(28-27(44-11-45-28)13(2)26(18)46-15(4)39)20(38)9-35-29(41)14(3)36-30(42)31(32,33)34/h6,14,17,19-20,23,40H,7-11H2,1-5H3,(H,35,41)(H,36,42)/q-1/t14-,17-,19?,20-,23-/m0/s1. The van der Waals surface area contributed by atoms with E-state index in [4.69, 9.17) is 24.3 Å². The summed E-state index contributed by atoms with van der Waals surface area (Å²) in [6, 6.07) is -1.21. The van der Waals surface area contributed by atoms with E-state index in [9.17, 15) is 32.7 Å². The quantitative estimate of drug-likeness (QED) is 0.318. The maximum absolute atomic E-state index is 13.0. The number of piperazine rings is 1. The zero-order valence-electron chi connectivity index (χ0n) is 25.8. The number of benzene rings is 2. The number of nitrogens with one attached hydrogen (secondary N) is 2. The van der Waals surface area contributed by atoms with E-state index in [1.165, 1.54) is 14.0 Å². The molecule has 0 aromatic heterocycles. The molecule has 0 spiro atoms. The number of methoxy groups -OCH3 is 1. The fourth-order valence-electron chi connectivity index (χ4n) is 7.25. The van der Waals surface area contributed by atoms with Gasteiger partial charge in [0.15, 0.2) is 23.0 Å². The fourth-order valence-corrected chi connectivity index (χ4v) is 7.25. The van der Waals surface area contributed by atoms with Gasteiger partial charge in [-0.3, -0.25) is 19.3 Å². The van der Waals surface area contributed by atoms with Crippen LogP contribution in [0.2, 0.25) is 0 Å². The van der Waals surface area contributed by atoms with Gasteiger partial charge in [0, 0.05) is 36.2 Å². The number of hydrogen-bond donors (Lipinski definition) is 3. The number of aryl methyl sites for hydroxylation is 1. The summed E-state index contributed by atoms with van der Waals surface area (Å²) in [5.74, 6) is -2.16. The number of hydrogen-bond acceptors (Lipinski definition) is 9. The summed E-state index contributed by atoms with van der Waals surface area (Å²) < 4.78 is 61.6. The summed E-state index contributed by atoms with van der Waals surface area (Å²) in [7, 11) is 1.48. The number of phenolic OH excluding ortho intramolecular Hbond substituents is 1. The smallest absolute Gasteiger partial charge is 0.471 e. The molecule has 2 aromatic rings. The molecule has 1 saturated heterocycles. The van der Waals surface area contributed by atoms with Crippen molar-refractivity contribution in [1.82, 2.24) is 15.5 Å². The van der Waals surface area contributed by atoms with Crippen LogP contribution in [0.15, 0.2) is 6.07 Å². The number of aromatic hydroxyl groups is 1. The first-order valence-electron chi connectivity index (χ1n) is 14.8. The van der Waals surface area contributed by atoms with Crippen LogP contribution in [-0.4, -0.2) is 79.1 Å². The van der Waals surface area contributed by atoms with Gasteiger partial charge in [0.05, 0.1) is 13.2 Å². The average molecular weight is 648 g/mol. The minimum absolute atomic E-state index is 0.00138. The van der Waals surface area contributed by atoms with E-state index >= 15 is 0 Å². The summed E-state index contributed by atoms with van der Waals surface area (Å²) in [4.78, 5) is 39.0. The second-order valence-electron chi connectivity index (χ2n) is 12.0. The van der Waals surface area contributed by atoms with Crippen LogP contribution in [0.1, 0.15) is 59.3 Å². The number of esters is 1. The van der Waals surface area contributed by atoms with E-state index in [1.54, 1.807) is 12.2 Å². The molecule has 2 amide bonds. The van der Waals surface area contributed by atoms with Crippen LogP contribution >= 0.6 is 0 Å². The van der Waals surface area contributed by atoms with Gasteiger partial charge in [-0.1, -0.05) is 12.1 Å². The molecule has 1 unspecified atom stereocenters. The zero-order chi connectivity index (χ0) is 33.2. The Bertz CT molecular complexity index is 1630. The van der Waals surface area contributed by atoms with Crippen molar-refractivity contribution in [3.63, 3.8) is 0 Å². The van der Waals surface area contributed by atoms with Crippen molar-refractivity contribution >= 4 is 17.8 Å². The van der Waals surface area contributed by atoms with Crippen LogP contribution in [0.3, 0.4) is 0 Å².